The molecule has 0 aromatic carbocycles. The van der Waals surface area contributed by atoms with Crippen LogP contribution in [0.3, 0.4) is 0 Å². The Morgan fingerprint density at radius 1 is 1.48 bits per heavy atom. The van der Waals surface area contributed by atoms with Gasteiger partial charge >= 0.3 is 6.18 Å². The first-order valence-electron chi connectivity index (χ1n) is 6.32. The quantitative estimate of drug-likeness (QED) is 0.835. The van der Waals surface area contributed by atoms with Crippen molar-refractivity contribution in [1.29, 1.82) is 0 Å². The number of carbonyl (C=O) groups is 1. The van der Waals surface area contributed by atoms with Crippen molar-refractivity contribution in [3.63, 3.8) is 0 Å². The van der Waals surface area contributed by atoms with Crippen molar-refractivity contribution in [2.24, 2.45) is 5.73 Å². The van der Waals surface area contributed by atoms with E-state index in [-0.39, 0.29) is 24.6 Å². The summed E-state index contributed by atoms with van der Waals surface area (Å²) in [5.74, 6) is -1.07. The first-order chi connectivity index (χ1) is 9.62. The van der Waals surface area contributed by atoms with E-state index in [9.17, 15) is 23.1 Å². The zero-order valence-electron chi connectivity index (χ0n) is 11.3. The Morgan fingerprint density at radius 3 is 2.71 bits per heavy atom. The van der Waals surface area contributed by atoms with Crippen LogP contribution in [-0.4, -0.2) is 39.7 Å². The van der Waals surface area contributed by atoms with Crippen LogP contribution in [0.4, 0.5) is 19.1 Å². The zero-order valence-corrected chi connectivity index (χ0v) is 11.3. The molecule has 1 amide bonds. The second-order valence-electron chi connectivity index (χ2n) is 5.11. The number of anilines is 1. The van der Waals surface area contributed by atoms with E-state index < -0.39 is 23.4 Å². The average Bonchev–Trinajstić information content (AvgIpc) is 2.37. The first kappa shape index (κ1) is 15.5. The number of aryl methyl sites for hydroxylation is 1. The molecule has 0 saturated carbocycles. The summed E-state index contributed by atoms with van der Waals surface area (Å²) in [5.41, 5.74) is 2.46. The Kier molecular flexibility index (Phi) is 3.79. The number of nitrogens with zero attached hydrogens (tertiary/aromatic N) is 3. The number of carbonyl (C=O) groups excluding carboxylic acids is 1. The highest BCUT2D eigenvalue weighted by molar-refractivity contribution is 5.84. The average molecular weight is 304 g/mol. The van der Waals surface area contributed by atoms with Crippen molar-refractivity contribution < 1.29 is 23.1 Å². The third-order valence-electron chi connectivity index (χ3n) is 3.35. The van der Waals surface area contributed by atoms with Crippen LogP contribution in [0.15, 0.2) is 6.07 Å². The van der Waals surface area contributed by atoms with E-state index >= 15 is 0 Å². The molecule has 0 bridgehead atoms. The Labute approximate surface area is 118 Å². The number of alkyl halides is 3. The summed E-state index contributed by atoms with van der Waals surface area (Å²) in [7, 11) is 0. The van der Waals surface area contributed by atoms with Crippen LogP contribution in [0, 0.1) is 6.92 Å². The smallest absolute Gasteiger partial charge is 0.378 e. The summed E-state index contributed by atoms with van der Waals surface area (Å²) in [5, 5.41) is 10.1. The maximum Gasteiger partial charge on any atom is 0.433 e. The van der Waals surface area contributed by atoms with Gasteiger partial charge in [-0.15, -0.1) is 0 Å². The second-order valence-corrected chi connectivity index (χ2v) is 5.11. The number of aliphatic hydroxyl groups is 1. The van der Waals surface area contributed by atoms with Gasteiger partial charge in [-0.3, -0.25) is 4.79 Å². The lowest BCUT2D eigenvalue weighted by Gasteiger charge is -2.37. The second kappa shape index (κ2) is 5.14. The standard InChI is InChI=1S/C12H15F3N4O2/c1-7-5-8(12(13,14)15)18-10(17-7)19-4-2-3-11(21,6-19)9(16)20/h5,21H,2-4,6H2,1H3,(H2,16,20)/t11-/m0/s1. The molecule has 9 heteroatoms. The normalized spacial score (nSPS) is 23.2. The molecule has 0 aliphatic carbocycles. The number of halogens is 3. The molecule has 1 saturated heterocycles. The summed E-state index contributed by atoms with van der Waals surface area (Å²) < 4.78 is 38.3. The van der Waals surface area contributed by atoms with Gasteiger partial charge in [0.1, 0.15) is 5.69 Å². The minimum atomic E-state index is -4.59. The Morgan fingerprint density at radius 2 is 2.14 bits per heavy atom. The molecular formula is C12H15F3N4O2. The maximum atomic E-state index is 12.8. The highest BCUT2D eigenvalue weighted by atomic mass is 19.4. The molecule has 0 unspecified atom stereocenters. The van der Waals surface area contributed by atoms with E-state index in [1.807, 2.05) is 0 Å². The summed E-state index contributed by atoms with van der Waals surface area (Å²) in [6.45, 7) is 1.55. The number of amides is 1. The predicted octanol–water partition coefficient (Wildman–Crippen LogP) is 0.620. The predicted molar refractivity (Wildman–Crippen MR) is 67.4 cm³/mol. The highest BCUT2D eigenvalue weighted by Gasteiger charge is 2.40. The number of hydrogen-bond donors (Lipinski definition) is 2. The molecule has 1 atom stereocenters. The monoisotopic (exact) mass is 304 g/mol. The first-order valence-corrected chi connectivity index (χ1v) is 6.32. The van der Waals surface area contributed by atoms with Crippen molar-refractivity contribution in [2.45, 2.75) is 31.5 Å². The van der Waals surface area contributed by atoms with E-state index in [2.05, 4.69) is 9.97 Å². The number of hydrogen-bond acceptors (Lipinski definition) is 5. The molecule has 1 aliphatic rings. The van der Waals surface area contributed by atoms with Crippen LogP contribution < -0.4 is 10.6 Å². The lowest BCUT2D eigenvalue weighted by Crippen LogP contribution is -2.56. The largest absolute Gasteiger partial charge is 0.433 e. The number of nitrogens with two attached hydrogens (primary N) is 1. The number of primary amides is 1. The van der Waals surface area contributed by atoms with E-state index in [0.29, 0.717) is 13.0 Å². The molecule has 2 heterocycles. The molecule has 3 N–H and O–H groups in total. The Balaban J connectivity index is 2.34. The topological polar surface area (TPSA) is 92.3 Å². The molecule has 1 aromatic rings. The van der Waals surface area contributed by atoms with Gasteiger partial charge in [-0.2, -0.15) is 13.2 Å². The Bertz CT molecular complexity index is 564. The van der Waals surface area contributed by atoms with Crippen molar-refractivity contribution >= 4 is 11.9 Å². The summed E-state index contributed by atoms with van der Waals surface area (Å²) in [6, 6.07) is 0.841. The summed E-state index contributed by atoms with van der Waals surface area (Å²) >= 11 is 0. The highest BCUT2D eigenvalue weighted by Crippen LogP contribution is 2.30. The van der Waals surface area contributed by atoms with Crippen LogP contribution in [0.2, 0.25) is 0 Å². The van der Waals surface area contributed by atoms with Gasteiger partial charge in [-0.1, -0.05) is 0 Å². The lowest BCUT2D eigenvalue weighted by atomic mass is 9.92. The fourth-order valence-electron chi connectivity index (χ4n) is 2.25. The van der Waals surface area contributed by atoms with Crippen molar-refractivity contribution in [3.05, 3.63) is 17.5 Å². The van der Waals surface area contributed by atoms with E-state index in [1.54, 1.807) is 0 Å². The molecule has 0 spiro atoms. The van der Waals surface area contributed by atoms with Gasteiger partial charge in [0, 0.05) is 12.2 Å². The third-order valence-corrected chi connectivity index (χ3v) is 3.35. The maximum absolute atomic E-state index is 12.8. The van der Waals surface area contributed by atoms with E-state index in [4.69, 9.17) is 5.73 Å². The SMILES string of the molecule is Cc1cc(C(F)(F)F)nc(N2CCC[C@@](O)(C(N)=O)C2)n1. The van der Waals surface area contributed by atoms with Gasteiger partial charge < -0.3 is 15.7 Å². The minimum Gasteiger partial charge on any atom is -0.378 e. The molecule has 1 fully saturated rings. The van der Waals surface area contributed by atoms with E-state index in [1.165, 1.54) is 11.8 Å². The van der Waals surface area contributed by atoms with Gasteiger partial charge in [-0.25, -0.2) is 9.97 Å². The number of piperidine rings is 1. The van der Waals surface area contributed by atoms with Crippen molar-refractivity contribution in [1.82, 2.24) is 9.97 Å². The number of rotatable bonds is 2. The van der Waals surface area contributed by atoms with E-state index in [0.717, 1.165) is 6.07 Å². The van der Waals surface area contributed by atoms with Gasteiger partial charge in [0.15, 0.2) is 5.60 Å². The Hall–Kier alpha value is -1.90. The van der Waals surface area contributed by atoms with Crippen molar-refractivity contribution in [3.8, 4) is 0 Å². The molecule has 21 heavy (non-hydrogen) atoms. The lowest BCUT2D eigenvalue weighted by molar-refractivity contribution is -0.141. The van der Waals surface area contributed by atoms with Crippen LogP contribution in [0.1, 0.15) is 24.2 Å². The van der Waals surface area contributed by atoms with Crippen molar-refractivity contribution in [2.75, 3.05) is 18.0 Å². The van der Waals surface area contributed by atoms with Gasteiger partial charge in [-0.05, 0) is 25.8 Å². The molecular weight excluding hydrogens is 289 g/mol. The van der Waals surface area contributed by atoms with Crippen LogP contribution in [0.25, 0.3) is 0 Å². The van der Waals surface area contributed by atoms with Crippen LogP contribution in [-0.2, 0) is 11.0 Å². The fraction of sp³-hybridized carbons (Fsp3) is 0.583. The van der Waals surface area contributed by atoms with Gasteiger partial charge in [0.2, 0.25) is 5.95 Å². The zero-order chi connectivity index (χ0) is 15.8. The number of β-amino-alcohol motifs (C(OH)–C–C–N with tert-alkyl or cyclic N) is 1. The van der Waals surface area contributed by atoms with Gasteiger partial charge in [0.05, 0.1) is 6.54 Å². The van der Waals surface area contributed by atoms with Crippen LogP contribution >= 0.6 is 0 Å². The third kappa shape index (κ3) is 3.23. The summed E-state index contributed by atoms with van der Waals surface area (Å²) in [6.07, 6.45) is -4.02. The molecule has 116 valence electrons. The van der Waals surface area contributed by atoms with Gasteiger partial charge in [0.25, 0.3) is 5.91 Å². The molecule has 0 radical (unpaired) electrons. The fourth-order valence-corrected chi connectivity index (χ4v) is 2.25. The minimum absolute atomic E-state index is 0.153. The molecule has 1 aliphatic heterocycles. The molecule has 1 aromatic heterocycles. The summed E-state index contributed by atoms with van der Waals surface area (Å²) in [4.78, 5) is 20.0. The molecule has 2 rings (SSSR count). The molecule has 6 nitrogen and oxygen atoms in total. The number of aromatic nitrogens is 2. The van der Waals surface area contributed by atoms with Crippen LogP contribution in [0.5, 0.6) is 0 Å².